The van der Waals surface area contributed by atoms with Crippen molar-refractivity contribution in [2.24, 2.45) is 15.4 Å². The van der Waals surface area contributed by atoms with E-state index in [9.17, 15) is 8.42 Å². The molecule has 0 aliphatic carbocycles. The number of nitrogens with zero attached hydrogens (tertiary/aromatic N) is 3. The maximum Gasteiger partial charge on any atom is 0.285 e. The third-order valence-corrected chi connectivity index (χ3v) is 5.21. The van der Waals surface area contributed by atoms with Gasteiger partial charge in [0.25, 0.3) is 10.0 Å². The average molecular weight is 357 g/mol. The third kappa shape index (κ3) is 4.03. The number of nitrogens with one attached hydrogen (secondary N) is 1. The summed E-state index contributed by atoms with van der Waals surface area (Å²) in [6.45, 7) is 6.49. The molecule has 1 aromatic rings. The van der Waals surface area contributed by atoms with Crippen molar-refractivity contribution < 1.29 is 8.42 Å². The van der Waals surface area contributed by atoms with Gasteiger partial charge in [-0.05, 0) is 38.5 Å². The van der Waals surface area contributed by atoms with Crippen LogP contribution >= 0.6 is 11.6 Å². The molecule has 2 unspecified atom stereocenters. The van der Waals surface area contributed by atoms with E-state index in [1.807, 2.05) is 20.1 Å². The number of benzene rings is 1. The first kappa shape index (κ1) is 17.7. The topological polar surface area (TPSA) is 74.1 Å². The fourth-order valence-electron chi connectivity index (χ4n) is 2.37. The Morgan fingerprint density at radius 2 is 2.17 bits per heavy atom. The average Bonchev–Trinajstić information content (AvgIpc) is 2.87. The molecule has 8 heteroatoms. The second kappa shape index (κ2) is 7.31. The maximum atomic E-state index is 12.5. The zero-order valence-corrected chi connectivity index (χ0v) is 15.0. The molecule has 0 saturated heterocycles. The second-order valence-electron chi connectivity index (χ2n) is 5.30. The molecular formula is C15H21ClN4O2S. The number of hydrogen-bond donors (Lipinski definition) is 1. The molecule has 1 heterocycles. The fourth-order valence-corrected chi connectivity index (χ4v) is 3.63. The minimum atomic E-state index is -3.86. The summed E-state index contributed by atoms with van der Waals surface area (Å²) in [7, 11) is -3.86. The van der Waals surface area contributed by atoms with E-state index in [1.54, 1.807) is 17.1 Å². The van der Waals surface area contributed by atoms with Crippen LogP contribution < -0.4 is 5.32 Å². The molecule has 1 aliphatic heterocycles. The summed E-state index contributed by atoms with van der Waals surface area (Å²) >= 11 is 5.87. The Hall–Kier alpha value is -1.60. The molecule has 1 aliphatic rings. The first-order chi connectivity index (χ1) is 10.9. The van der Waals surface area contributed by atoms with Crippen molar-refractivity contribution in [1.82, 2.24) is 10.3 Å². The van der Waals surface area contributed by atoms with E-state index >= 15 is 0 Å². The van der Waals surface area contributed by atoms with Gasteiger partial charge in [0.05, 0.1) is 10.9 Å². The van der Waals surface area contributed by atoms with E-state index in [1.165, 1.54) is 12.1 Å². The van der Waals surface area contributed by atoms with Gasteiger partial charge >= 0.3 is 0 Å². The van der Waals surface area contributed by atoms with Gasteiger partial charge in [0.2, 0.25) is 5.96 Å². The van der Waals surface area contributed by atoms with E-state index in [4.69, 9.17) is 11.6 Å². The van der Waals surface area contributed by atoms with Crippen molar-refractivity contribution in [3.05, 3.63) is 29.3 Å². The summed E-state index contributed by atoms with van der Waals surface area (Å²) in [4.78, 5) is 0.0586. The van der Waals surface area contributed by atoms with Crippen LogP contribution in [0.4, 0.5) is 0 Å². The number of hydrazone groups is 1. The molecule has 0 fully saturated rings. The largest absolute Gasteiger partial charge is 0.354 e. The molecule has 0 aromatic heterocycles. The Kier molecular flexibility index (Phi) is 5.64. The van der Waals surface area contributed by atoms with Crippen molar-refractivity contribution in [3.63, 3.8) is 0 Å². The van der Waals surface area contributed by atoms with Gasteiger partial charge in [0.15, 0.2) is 0 Å². The highest BCUT2D eigenvalue weighted by Gasteiger charge is 2.30. The molecule has 0 amide bonds. The van der Waals surface area contributed by atoms with E-state index in [2.05, 4.69) is 21.7 Å². The Balaban J connectivity index is 2.37. The van der Waals surface area contributed by atoms with Crippen molar-refractivity contribution in [3.8, 4) is 0 Å². The summed E-state index contributed by atoms with van der Waals surface area (Å²) in [5.74, 6) is 0.500. The number of hydrogen-bond acceptors (Lipinski definition) is 3. The van der Waals surface area contributed by atoms with Crippen LogP contribution in [0.1, 0.15) is 27.2 Å². The predicted octanol–water partition coefficient (Wildman–Crippen LogP) is 2.71. The molecular weight excluding hydrogens is 336 g/mol. The van der Waals surface area contributed by atoms with Gasteiger partial charge in [-0.15, -0.1) is 4.40 Å². The highest BCUT2D eigenvalue weighted by atomic mass is 35.5. The van der Waals surface area contributed by atoms with E-state index in [0.717, 1.165) is 6.42 Å². The van der Waals surface area contributed by atoms with E-state index < -0.39 is 10.0 Å². The van der Waals surface area contributed by atoms with E-state index in [-0.39, 0.29) is 22.8 Å². The zero-order chi connectivity index (χ0) is 17.0. The van der Waals surface area contributed by atoms with Crippen molar-refractivity contribution in [2.75, 3.05) is 6.54 Å². The van der Waals surface area contributed by atoms with Crippen LogP contribution in [0.2, 0.25) is 5.02 Å². The van der Waals surface area contributed by atoms with Crippen LogP contribution in [-0.4, -0.2) is 38.2 Å². The van der Waals surface area contributed by atoms with Gasteiger partial charge in [-0.2, -0.15) is 13.5 Å². The summed E-state index contributed by atoms with van der Waals surface area (Å²) in [5, 5.41) is 9.27. The Morgan fingerprint density at radius 3 is 2.74 bits per heavy atom. The minimum absolute atomic E-state index is 0.0485. The summed E-state index contributed by atoms with van der Waals surface area (Å²) < 4.78 is 29.0. The number of halogens is 1. The van der Waals surface area contributed by atoms with E-state index in [0.29, 0.717) is 11.6 Å². The Morgan fingerprint density at radius 1 is 1.43 bits per heavy atom. The molecule has 0 bridgehead atoms. The lowest BCUT2D eigenvalue weighted by Crippen LogP contribution is -2.43. The summed E-state index contributed by atoms with van der Waals surface area (Å²) in [5.41, 5.74) is 0. The highest BCUT2D eigenvalue weighted by molar-refractivity contribution is 7.90. The van der Waals surface area contributed by atoms with Gasteiger partial charge in [-0.1, -0.05) is 24.6 Å². The van der Waals surface area contributed by atoms with Crippen molar-refractivity contribution in [2.45, 2.75) is 38.1 Å². The zero-order valence-electron chi connectivity index (χ0n) is 13.4. The van der Waals surface area contributed by atoms with Gasteiger partial charge < -0.3 is 5.32 Å². The number of rotatable bonds is 4. The van der Waals surface area contributed by atoms with Gasteiger partial charge in [-0.3, -0.25) is 0 Å². The monoisotopic (exact) mass is 356 g/mol. The lowest BCUT2D eigenvalue weighted by Gasteiger charge is -2.25. The van der Waals surface area contributed by atoms with Gasteiger partial charge in [0.1, 0.15) is 0 Å². The molecule has 0 spiro atoms. The molecule has 2 atom stereocenters. The van der Waals surface area contributed by atoms with Gasteiger partial charge in [-0.25, -0.2) is 5.01 Å². The SMILES string of the molecule is CCN/C(=N\S(=O)(=O)c1cccc(Cl)c1)N1N=CC(CC)C1C. The van der Waals surface area contributed by atoms with Crippen LogP contribution in [-0.2, 0) is 10.0 Å². The first-order valence-corrected chi connectivity index (χ1v) is 9.38. The quantitative estimate of drug-likeness (QED) is 0.665. The number of sulfonamides is 1. The van der Waals surface area contributed by atoms with Crippen LogP contribution in [0, 0.1) is 5.92 Å². The molecule has 0 radical (unpaired) electrons. The lowest BCUT2D eigenvalue weighted by atomic mass is 10.0. The Bertz CT molecular complexity index is 718. The molecule has 2 rings (SSSR count). The molecule has 23 heavy (non-hydrogen) atoms. The maximum absolute atomic E-state index is 12.5. The first-order valence-electron chi connectivity index (χ1n) is 7.56. The number of guanidine groups is 1. The molecule has 126 valence electrons. The fraction of sp³-hybridized carbons (Fsp3) is 0.467. The molecule has 1 N–H and O–H groups in total. The van der Waals surface area contributed by atoms with Crippen molar-refractivity contribution >= 4 is 33.8 Å². The molecule has 0 saturated carbocycles. The lowest BCUT2D eigenvalue weighted by molar-refractivity contribution is 0.320. The minimum Gasteiger partial charge on any atom is -0.354 e. The van der Waals surface area contributed by atoms with Gasteiger partial charge in [0, 0.05) is 23.7 Å². The summed E-state index contributed by atoms with van der Waals surface area (Å²) in [6, 6.07) is 6.11. The van der Waals surface area contributed by atoms with Crippen LogP contribution in [0.25, 0.3) is 0 Å². The van der Waals surface area contributed by atoms with Crippen molar-refractivity contribution in [1.29, 1.82) is 0 Å². The molecule has 6 nitrogen and oxygen atoms in total. The Labute approximate surface area is 142 Å². The summed E-state index contributed by atoms with van der Waals surface area (Å²) in [6.07, 6.45) is 2.77. The highest BCUT2D eigenvalue weighted by Crippen LogP contribution is 2.22. The van der Waals surface area contributed by atoms with Crippen LogP contribution in [0.15, 0.2) is 38.7 Å². The molecule has 1 aromatic carbocycles. The second-order valence-corrected chi connectivity index (χ2v) is 7.34. The van der Waals surface area contributed by atoms with Crippen LogP contribution in [0.5, 0.6) is 0 Å². The normalized spacial score (nSPS) is 21.7. The predicted molar refractivity (Wildman–Crippen MR) is 93.3 cm³/mol. The van der Waals surface area contributed by atoms with Crippen LogP contribution in [0.3, 0.4) is 0 Å². The standard InChI is InChI=1S/C15H21ClN4O2S/c1-4-12-10-18-20(11(12)3)15(17-5-2)19-23(21,22)14-8-6-7-13(16)9-14/h6-12H,4-5H2,1-3H3,(H,17,19). The third-order valence-electron chi connectivity index (χ3n) is 3.71. The smallest absolute Gasteiger partial charge is 0.285 e.